The molecule has 1 aliphatic heterocycles. The van der Waals surface area contributed by atoms with Gasteiger partial charge in [-0.25, -0.2) is 4.39 Å². The van der Waals surface area contributed by atoms with Crippen molar-refractivity contribution < 1.29 is 14.0 Å². The molecule has 6 heteroatoms. The summed E-state index contributed by atoms with van der Waals surface area (Å²) >= 11 is 0. The molecule has 5 nitrogen and oxygen atoms in total. The van der Waals surface area contributed by atoms with Crippen LogP contribution in [-0.2, 0) is 9.59 Å². The van der Waals surface area contributed by atoms with Crippen LogP contribution in [0.3, 0.4) is 0 Å². The maximum absolute atomic E-state index is 13.3. The van der Waals surface area contributed by atoms with Crippen molar-refractivity contribution in [1.29, 1.82) is 0 Å². The van der Waals surface area contributed by atoms with E-state index in [9.17, 15) is 14.0 Å². The molecule has 1 atom stereocenters. The van der Waals surface area contributed by atoms with Gasteiger partial charge in [0.2, 0.25) is 11.8 Å². The third-order valence-corrected chi connectivity index (χ3v) is 4.74. The smallest absolute Gasteiger partial charge is 0.244 e. The summed E-state index contributed by atoms with van der Waals surface area (Å²) in [6, 6.07) is 13.0. The summed E-state index contributed by atoms with van der Waals surface area (Å²) in [5.41, 5.74) is 2.60. The Hall–Kier alpha value is -3.02. The highest BCUT2D eigenvalue weighted by Crippen LogP contribution is 2.37. The number of carbonyl (C=O) groups is 2. The minimum atomic E-state index is -0.428. The summed E-state index contributed by atoms with van der Waals surface area (Å²) in [7, 11) is 0. The quantitative estimate of drug-likeness (QED) is 0.917. The molecular formula is C20H18FN3O2. The lowest BCUT2D eigenvalue weighted by Gasteiger charge is -2.24. The van der Waals surface area contributed by atoms with Crippen molar-refractivity contribution in [1.82, 2.24) is 0 Å². The molecule has 0 radical (unpaired) electrons. The molecule has 0 bridgehead atoms. The van der Waals surface area contributed by atoms with Crippen LogP contribution in [0.25, 0.3) is 0 Å². The van der Waals surface area contributed by atoms with Gasteiger partial charge in [-0.2, -0.15) is 0 Å². The van der Waals surface area contributed by atoms with Crippen LogP contribution >= 0.6 is 0 Å². The first-order chi connectivity index (χ1) is 12.6. The summed E-state index contributed by atoms with van der Waals surface area (Å²) in [5.74, 6) is -1.16. The van der Waals surface area contributed by atoms with E-state index in [1.54, 1.807) is 12.1 Å². The first-order valence-corrected chi connectivity index (χ1v) is 8.65. The molecule has 2 aliphatic rings. The molecule has 1 heterocycles. The Morgan fingerprint density at radius 3 is 2.92 bits per heavy atom. The number of amides is 2. The van der Waals surface area contributed by atoms with Gasteiger partial charge < -0.3 is 10.2 Å². The zero-order valence-corrected chi connectivity index (χ0v) is 14.1. The molecule has 0 aromatic heterocycles. The van der Waals surface area contributed by atoms with E-state index in [1.165, 1.54) is 23.1 Å². The second-order valence-corrected chi connectivity index (χ2v) is 6.52. The highest BCUT2D eigenvalue weighted by atomic mass is 19.1. The molecule has 26 heavy (non-hydrogen) atoms. The van der Waals surface area contributed by atoms with E-state index < -0.39 is 5.82 Å². The number of carbonyl (C=O) groups excluding carboxylic acids is 2. The summed E-state index contributed by atoms with van der Waals surface area (Å²) in [6.07, 6.45) is 2.50. The van der Waals surface area contributed by atoms with Gasteiger partial charge in [0.25, 0.3) is 0 Å². The van der Waals surface area contributed by atoms with Crippen LogP contribution in [0.5, 0.6) is 0 Å². The van der Waals surface area contributed by atoms with Crippen LogP contribution in [0.1, 0.15) is 19.3 Å². The highest BCUT2D eigenvalue weighted by Gasteiger charge is 2.37. The average molecular weight is 351 g/mol. The molecule has 2 aromatic rings. The lowest BCUT2D eigenvalue weighted by Crippen LogP contribution is -2.41. The van der Waals surface area contributed by atoms with Crippen molar-refractivity contribution >= 4 is 34.6 Å². The van der Waals surface area contributed by atoms with Gasteiger partial charge in [-0.3, -0.25) is 14.6 Å². The predicted molar refractivity (Wildman–Crippen MR) is 98.3 cm³/mol. The molecule has 1 saturated carbocycles. The minimum absolute atomic E-state index is 0.0967. The third kappa shape index (κ3) is 3.10. The molecule has 0 saturated heterocycles. The number of nitrogens with one attached hydrogen (secondary N) is 1. The Morgan fingerprint density at radius 2 is 2.08 bits per heavy atom. The normalized spacial score (nSPS) is 18.7. The van der Waals surface area contributed by atoms with Crippen molar-refractivity contribution in [3.63, 3.8) is 0 Å². The Kier molecular flexibility index (Phi) is 4.24. The van der Waals surface area contributed by atoms with Gasteiger partial charge in [-0.05, 0) is 49.6 Å². The Labute approximate surface area is 150 Å². The molecule has 132 valence electrons. The van der Waals surface area contributed by atoms with E-state index in [0.717, 1.165) is 25.0 Å². The molecular weight excluding hydrogens is 333 g/mol. The number of aliphatic imine (C=N–C) groups is 1. The molecule has 1 aliphatic carbocycles. The number of nitrogens with zero attached hydrogens (tertiary/aromatic N) is 2. The molecule has 2 amide bonds. The van der Waals surface area contributed by atoms with Crippen LogP contribution in [0.15, 0.2) is 53.5 Å². The number of rotatable bonds is 3. The fourth-order valence-electron chi connectivity index (χ4n) is 3.55. The minimum Gasteiger partial charge on any atom is -0.324 e. The first-order valence-electron chi connectivity index (χ1n) is 8.65. The monoisotopic (exact) mass is 351 g/mol. The molecule has 0 spiro atoms. The van der Waals surface area contributed by atoms with Gasteiger partial charge in [0.1, 0.15) is 12.4 Å². The second-order valence-electron chi connectivity index (χ2n) is 6.52. The number of halogens is 1. The van der Waals surface area contributed by atoms with Crippen molar-refractivity contribution in [2.45, 2.75) is 19.3 Å². The number of anilines is 2. The number of para-hydroxylation sites is 2. The topological polar surface area (TPSA) is 61.8 Å². The van der Waals surface area contributed by atoms with Crippen molar-refractivity contribution in [3.05, 3.63) is 54.3 Å². The lowest BCUT2D eigenvalue weighted by atomic mass is 10.1. The number of hydrogen-bond acceptors (Lipinski definition) is 3. The number of fused-ring (bicyclic) bond motifs is 2. The Balaban J connectivity index is 1.61. The fourth-order valence-corrected chi connectivity index (χ4v) is 3.55. The zero-order chi connectivity index (χ0) is 18.1. The lowest BCUT2D eigenvalue weighted by molar-refractivity contribution is -0.122. The van der Waals surface area contributed by atoms with Crippen molar-refractivity contribution in [3.8, 4) is 0 Å². The van der Waals surface area contributed by atoms with E-state index >= 15 is 0 Å². The van der Waals surface area contributed by atoms with Crippen LogP contribution in [0.2, 0.25) is 0 Å². The van der Waals surface area contributed by atoms with Gasteiger partial charge in [0.15, 0.2) is 0 Å². The number of hydrogen-bond donors (Lipinski definition) is 1. The largest absolute Gasteiger partial charge is 0.324 e. The maximum atomic E-state index is 13.3. The summed E-state index contributed by atoms with van der Waals surface area (Å²) < 4.78 is 13.3. The number of benzene rings is 2. The van der Waals surface area contributed by atoms with Crippen LogP contribution in [0.4, 0.5) is 21.5 Å². The molecule has 1 N–H and O–H groups in total. The average Bonchev–Trinajstić information content (AvgIpc) is 3.04. The van der Waals surface area contributed by atoms with Crippen LogP contribution in [-0.4, -0.2) is 24.1 Å². The highest BCUT2D eigenvalue weighted by molar-refractivity contribution is 6.16. The Morgan fingerprint density at radius 1 is 1.23 bits per heavy atom. The van der Waals surface area contributed by atoms with Gasteiger partial charge >= 0.3 is 0 Å². The van der Waals surface area contributed by atoms with E-state index in [0.29, 0.717) is 17.1 Å². The van der Waals surface area contributed by atoms with Crippen molar-refractivity contribution in [2.75, 3.05) is 16.8 Å². The first kappa shape index (κ1) is 16.4. The summed E-state index contributed by atoms with van der Waals surface area (Å²) in [5, 5.41) is 2.65. The van der Waals surface area contributed by atoms with Gasteiger partial charge in [-0.15, -0.1) is 0 Å². The van der Waals surface area contributed by atoms with E-state index in [-0.39, 0.29) is 24.3 Å². The SMILES string of the molecule is O=C(CN1C(=O)[C@@H]2CCCC2=Nc2ccccc21)Nc1cccc(F)c1. The predicted octanol–water partition coefficient (Wildman–Crippen LogP) is 3.68. The van der Waals surface area contributed by atoms with E-state index in [1.807, 2.05) is 18.2 Å². The molecule has 0 unspecified atom stereocenters. The zero-order valence-electron chi connectivity index (χ0n) is 14.1. The molecule has 1 fully saturated rings. The summed E-state index contributed by atoms with van der Waals surface area (Å²) in [4.78, 5) is 31.7. The molecule has 4 rings (SSSR count). The maximum Gasteiger partial charge on any atom is 0.244 e. The van der Waals surface area contributed by atoms with E-state index in [4.69, 9.17) is 0 Å². The standard InChI is InChI=1S/C20H18FN3O2/c21-13-5-3-6-14(11-13)22-19(25)12-24-18-10-2-1-8-17(18)23-16-9-4-7-15(16)20(24)26/h1-3,5-6,8,10-11,15H,4,7,9,12H2,(H,22,25)/t15-/m1/s1. The van der Waals surface area contributed by atoms with Gasteiger partial charge in [-0.1, -0.05) is 18.2 Å². The van der Waals surface area contributed by atoms with Gasteiger partial charge in [0.05, 0.1) is 17.3 Å². The van der Waals surface area contributed by atoms with Crippen molar-refractivity contribution in [2.24, 2.45) is 10.9 Å². The summed E-state index contributed by atoms with van der Waals surface area (Å²) in [6.45, 7) is -0.133. The van der Waals surface area contributed by atoms with Crippen LogP contribution in [0, 0.1) is 11.7 Å². The van der Waals surface area contributed by atoms with E-state index in [2.05, 4.69) is 10.3 Å². The fraction of sp³-hybridized carbons (Fsp3) is 0.250. The Bertz CT molecular complexity index is 909. The van der Waals surface area contributed by atoms with Gasteiger partial charge in [0, 0.05) is 11.4 Å². The molecule has 2 aromatic carbocycles. The van der Waals surface area contributed by atoms with Crippen LogP contribution < -0.4 is 10.2 Å². The second kappa shape index (κ2) is 6.71. The third-order valence-electron chi connectivity index (χ3n) is 4.74.